The number of nitrogens with zero attached hydrogens (tertiary/aromatic N) is 1. The summed E-state index contributed by atoms with van der Waals surface area (Å²) in [5.74, 6) is -0.144. The minimum Gasteiger partial charge on any atom is -0.468 e. The lowest BCUT2D eigenvalue weighted by atomic mass is 10.0. The topological polar surface area (TPSA) is 63.7 Å². The second-order valence-corrected chi connectivity index (χ2v) is 7.66. The van der Waals surface area contributed by atoms with Gasteiger partial charge in [-0.3, -0.25) is 9.69 Å². The molecule has 1 saturated heterocycles. The standard InChI is InChI=1S/C12H23NO4S/c1-10(2)18(15,16)9-8-13-7-5-4-6-11(13)12(14)17-3/h10-11H,4-9H2,1-3H3/t11-/m1/s1. The van der Waals surface area contributed by atoms with Crippen LogP contribution in [0.2, 0.25) is 0 Å². The monoisotopic (exact) mass is 277 g/mol. The second kappa shape index (κ2) is 6.52. The fraction of sp³-hybridized carbons (Fsp3) is 0.917. The molecule has 0 unspecified atom stereocenters. The summed E-state index contributed by atoms with van der Waals surface area (Å²) in [6, 6.07) is -0.272. The third-order valence-electron chi connectivity index (χ3n) is 3.47. The largest absolute Gasteiger partial charge is 0.468 e. The molecule has 6 heteroatoms. The maximum Gasteiger partial charge on any atom is 0.323 e. The number of likely N-dealkylation sites (tertiary alicyclic amines) is 1. The van der Waals surface area contributed by atoms with E-state index in [-0.39, 0.29) is 23.0 Å². The summed E-state index contributed by atoms with van der Waals surface area (Å²) in [5, 5.41) is -0.362. The van der Waals surface area contributed by atoms with E-state index in [9.17, 15) is 13.2 Å². The van der Waals surface area contributed by atoms with Gasteiger partial charge in [-0.05, 0) is 33.2 Å². The lowest BCUT2D eigenvalue weighted by Gasteiger charge is -2.33. The highest BCUT2D eigenvalue weighted by atomic mass is 32.2. The molecule has 1 atom stereocenters. The molecule has 0 saturated carbocycles. The van der Waals surface area contributed by atoms with E-state index < -0.39 is 9.84 Å². The number of carbonyl (C=O) groups excluding carboxylic acids is 1. The zero-order valence-electron chi connectivity index (χ0n) is 11.4. The highest BCUT2D eigenvalue weighted by molar-refractivity contribution is 7.92. The molecule has 18 heavy (non-hydrogen) atoms. The molecule has 0 aliphatic carbocycles. The predicted molar refractivity (Wildman–Crippen MR) is 70.2 cm³/mol. The number of methoxy groups -OCH3 is 1. The van der Waals surface area contributed by atoms with E-state index in [1.165, 1.54) is 7.11 Å². The first kappa shape index (κ1) is 15.4. The van der Waals surface area contributed by atoms with Gasteiger partial charge in [-0.1, -0.05) is 6.42 Å². The van der Waals surface area contributed by atoms with Crippen molar-refractivity contribution in [3.63, 3.8) is 0 Å². The number of hydrogen-bond donors (Lipinski definition) is 0. The van der Waals surface area contributed by atoms with Crippen molar-refractivity contribution in [3.8, 4) is 0 Å². The number of carbonyl (C=O) groups is 1. The van der Waals surface area contributed by atoms with Crippen molar-refractivity contribution in [2.24, 2.45) is 0 Å². The summed E-state index contributed by atoms with van der Waals surface area (Å²) in [4.78, 5) is 13.6. The van der Waals surface area contributed by atoms with Crippen LogP contribution in [0, 0.1) is 0 Å². The molecule has 5 nitrogen and oxygen atoms in total. The van der Waals surface area contributed by atoms with E-state index in [0.717, 1.165) is 25.8 Å². The summed E-state index contributed by atoms with van der Waals surface area (Å²) < 4.78 is 28.3. The van der Waals surface area contributed by atoms with Gasteiger partial charge < -0.3 is 4.74 Å². The van der Waals surface area contributed by atoms with E-state index in [1.807, 2.05) is 4.90 Å². The van der Waals surface area contributed by atoms with Gasteiger partial charge >= 0.3 is 5.97 Å². The Morgan fingerprint density at radius 1 is 1.39 bits per heavy atom. The highest BCUT2D eigenvalue weighted by Gasteiger charge is 2.30. The zero-order valence-corrected chi connectivity index (χ0v) is 12.2. The van der Waals surface area contributed by atoms with Crippen molar-refractivity contribution in [2.45, 2.75) is 44.4 Å². The van der Waals surface area contributed by atoms with Crippen molar-refractivity contribution < 1.29 is 17.9 Å². The molecule has 0 radical (unpaired) electrons. The number of esters is 1. The molecule has 0 bridgehead atoms. The Hall–Kier alpha value is -0.620. The Kier molecular flexibility index (Phi) is 5.59. The quantitative estimate of drug-likeness (QED) is 0.697. The van der Waals surface area contributed by atoms with Crippen molar-refractivity contribution in [1.82, 2.24) is 4.90 Å². The third kappa shape index (κ3) is 3.95. The average Bonchev–Trinajstić information content (AvgIpc) is 2.35. The summed E-state index contributed by atoms with van der Waals surface area (Å²) in [6.07, 6.45) is 2.76. The number of rotatable bonds is 5. The summed E-state index contributed by atoms with van der Waals surface area (Å²) in [7, 11) is -1.67. The van der Waals surface area contributed by atoms with Crippen molar-refractivity contribution in [1.29, 1.82) is 0 Å². The van der Waals surface area contributed by atoms with E-state index in [4.69, 9.17) is 4.74 Å². The predicted octanol–water partition coefficient (Wildman–Crippen LogP) is 0.837. The van der Waals surface area contributed by atoms with Crippen LogP contribution in [0.4, 0.5) is 0 Å². The Balaban J connectivity index is 2.61. The molecule has 0 aromatic rings. The van der Waals surface area contributed by atoms with Crippen molar-refractivity contribution in [2.75, 3.05) is 26.0 Å². The van der Waals surface area contributed by atoms with Gasteiger partial charge in [0.15, 0.2) is 9.84 Å². The van der Waals surface area contributed by atoms with Crippen LogP contribution in [0.25, 0.3) is 0 Å². The van der Waals surface area contributed by atoms with Gasteiger partial charge in [-0.25, -0.2) is 8.42 Å². The maximum absolute atomic E-state index is 11.8. The molecule has 1 rings (SSSR count). The highest BCUT2D eigenvalue weighted by Crippen LogP contribution is 2.18. The lowest BCUT2D eigenvalue weighted by Crippen LogP contribution is -2.47. The minimum atomic E-state index is -3.05. The van der Waals surface area contributed by atoms with E-state index in [2.05, 4.69) is 0 Å². The SMILES string of the molecule is COC(=O)[C@H]1CCCCN1CCS(=O)(=O)C(C)C. The van der Waals surface area contributed by atoms with Gasteiger partial charge in [0.2, 0.25) is 0 Å². The Morgan fingerprint density at radius 2 is 2.06 bits per heavy atom. The molecule has 1 aliphatic heterocycles. The number of sulfone groups is 1. The fourth-order valence-corrected chi connectivity index (χ4v) is 3.10. The fourth-order valence-electron chi connectivity index (χ4n) is 2.14. The molecule has 1 heterocycles. The first-order chi connectivity index (χ1) is 8.38. The first-order valence-electron chi connectivity index (χ1n) is 6.42. The van der Waals surface area contributed by atoms with Crippen LogP contribution >= 0.6 is 0 Å². The number of piperidine rings is 1. The van der Waals surface area contributed by atoms with Gasteiger partial charge in [-0.15, -0.1) is 0 Å². The second-order valence-electron chi connectivity index (χ2n) is 4.99. The van der Waals surface area contributed by atoms with E-state index >= 15 is 0 Å². The van der Waals surface area contributed by atoms with Crippen LogP contribution in [0.3, 0.4) is 0 Å². The van der Waals surface area contributed by atoms with Crippen molar-refractivity contribution in [3.05, 3.63) is 0 Å². The molecular weight excluding hydrogens is 254 g/mol. The third-order valence-corrected chi connectivity index (χ3v) is 5.66. The molecular formula is C12H23NO4S. The lowest BCUT2D eigenvalue weighted by molar-refractivity contribution is -0.148. The van der Waals surface area contributed by atoms with E-state index in [0.29, 0.717) is 6.54 Å². The Labute approximate surface area is 109 Å². The molecule has 0 N–H and O–H groups in total. The van der Waals surface area contributed by atoms with Gasteiger partial charge in [0.1, 0.15) is 6.04 Å². The molecule has 1 fully saturated rings. The van der Waals surface area contributed by atoms with Crippen LogP contribution in [0.5, 0.6) is 0 Å². The molecule has 1 aliphatic rings. The van der Waals surface area contributed by atoms with Gasteiger partial charge in [-0.2, -0.15) is 0 Å². The Bertz CT molecular complexity index is 378. The molecule has 106 valence electrons. The summed E-state index contributed by atoms with van der Waals surface area (Å²) in [5.41, 5.74) is 0. The van der Waals surface area contributed by atoms with Crippen LogP contribution in [-0.4, -0.2) is 56.5 Å². The molecule has 0 aromatic carbocycles. The van der Waals surface area contributed by atoms with Crippen LogP contribution in [0.1, 0.15) is 33.1 Å². The van der Waals surface area contributed by atoms with Crippen LogP contribution in [0.15, 0.2) is 0 Å². The van der Waals surface area contributed by atoms with E-state index in [1.54, 1.807) is 13.8 Å². The van der Waals surface area contributed by atoms with Gasteiger partial charge in [0.25, 0.3) is 0 Å². The molecule has 0 spiro atoms. The molecule has 0 amide bonds. The summed E-state index contributed by atoms with van der Waals surface area (Å²) >= 11 is 0. The Morgan fingerprint density at radius 3 is 2.61 bits per heavy atom. The number of ether oxygens (including phenoxy) is 1. The minimum absolute atomic E-state index is 0.109. The zero-order chi connectivity index (χ0) is 13.8. The number of hydrogen-bond acceptors (Lipinski definition) is 5. The van der Waals surface area contributed by atoms with Crippen LogP contribution in [-0.2, 0) is 19.4 Å². The summed E-state index contributed by atoms with van der Waals surface area (Å²) in [6.45, 7) is 4.56. The first-order valence-corrected chi connectivity index (χ1v) is 8.13. The van der Waals surface area contributed by atoms with Crippen molar-refractivity contribution >= 4 is 15.8 Å². The smallest absolute Gasteiger partial charge is 0.323 e. The maximum atomic E-state index is 11.8. The van der Waals surface area contributed by atoms with Gasteiger partial charge in [0.05, 0.1) is 18.1 Å². The van der Waals surface area contributed by atoms with Gasteiger partial charge in [0, 0.05) is 6.54 Å². The normalized spacial score (nSPS) is 22.1. The average molecular weight is 277 g/mol. The molecule has 0 aromatic heterocycles. The van der Waals surface area contributed by atoms with Crippen LogP contribution < -0.4 is 0 Å².